The van der Waals surface area contributed by atoms with Crippen LogP contribution < -0.4 is 4.90 Å². The van der Waals surface area contributed by atoms with Gasteiger partial charge in [0, 0.05) is 33.2 Å². The molecular weight excluding hydrogens is 272 g/mol. The van der Waals surface area contributed by atoms with Crippen LogP contribution in [0.25, 0.3) is 0 Å². The van der Waals surface area contributed by atoms with Gasteiger partial charge in [0.1, 0.15) is 5.69 Å². The number of pyridine rings is 1. The fourth-order valence-corrected chi connectivity index (χ4v) is 2.71. The van der Waals surface area contributed by atoms with E-state index in [0.717, 1.165) is 31.6 Å². The van der Waals surface area contributed by atoms with Crippen molar-refractivity contribution in [3.05, 3.63) is 24.0 Å². The third kappa shape index (κ3) is 3.71. The van der Waals surface area contributed by atoms with Crippen molar-refractivity contribution >= 4 is 11.7 Å². The van der Waals surface area contributed by atoms with Crippen LogP contribution in [0.1, 0.15) is 23.3 Å². The molecule has 6 heteroatoms. The van der Waals surface area contributed by atoms with Crippen LogP contribution >= 0.6 is 0 Å². The maximum atomic E-state index is 11.4. The van der Waals surface area contributed by atoms with E-state index >= 15 is 0 Å². The predicted octanol–water partition coefficient (Wildman–Crippen LogP) is 1.70. The molecule has 0 aliphatic carbocycles. The van der Waals surface area contributed by atoms with Crippen molar-refractivity contribution in [2.75, 3.05) is 39.3 Å². The molecule has 1 aliphatic heterocycles. The summed E-state index contributed by atoms with van der Waals surface area (Å²) >= 11 is 0. The fourth-order valence-electron chi connectivity index (χ4n) is 2.71. The van der Waals surface area contributed by atoms with Crippen molar-refractivity contribution in [3.63, 3.8) is 0 Å². The highest BCUT2D eigenvalue weighted by atomic mass is 16.7. The van der Waals surface area contributed by atoms with E-state index in [-0.39, 0.29) is 6.29 Å². The average molecular weight is 294 g/mol. The maximum absolute atomic E-state index is 11.4. The highest BCUT2D eigenvalue weighted by Gasteiger charge is 2.26. The lowest BCUT2D eigenvalue weighted by Crippen LogP contribution is -2.39. The van der Waals surface area contributed by atoms with Crippen molar-refractivity contribution in [3.8, 4) is 0 Å². The monoisotopic (exact) mass is 294 g/mol. The summed E-state index contributed by atoms with van der Waals surface area (Å²) in [6, 6.07) is 3.60. The summed E-state index contributed by atoms with van der Waals surface area (Å²) < 4.78 is 15.3. The average Bonchev–Trinajstić information content (AvgIpc) is 2.56. The molecule has 0 aromatic carbocycles. The smallest absolute Gasteiger partial charge is 0.356 e. The van der Waals surface area contributed by atoms with E-state index in [1.807, 2.05) is 6.07 Å². The van der Waals surface area contributed by atoms with Crippen LogP contribution in [-0.2, 0) is 14.2 Å². The molecule has 1 aliphatic rings. The second kappa shape index (κ2) is 7.38. The van der Waals surface area contributed by atoms with Crippen LogP contribution in [0.3, 0.4) is 0 Å². The zero-order chi connectivity index (χ0) is 15.2. The molecule has 0 unspecified atom stereocenters. The van der Waals surface area contributed by atoms with Crippen molar-refractivity contribution in [1.29, 1.82) is 0 Å². The number of anilines is 1. The normalized spacial score (nSPS) is 16.3. The Balaban J connectivity index is 1.94. The zero-order valence-corrected chi connectivity index (χ0v) is 12.7. The number of aromatic nitrogens is 1. The molecule has 1 aromatic rings. The minimum Gasteiger partial charge on any atom is -0.464 e. The van der Waals surface area contributed by atoms with E-state index < -0.39 is 5.97 Å². The Morgan fingerprint density at radius 1 is 1.24 bits per heavy atom. The molecule has 1 fully saturated rings. The first-order chi connectivity index (χ1) is 10.2. The Morgan fingerprint density at radius 3 is 2.38 bits per heavy atom. The molecule has 6 nitrogen and oxygen atoms in total. The molecule has 1 aromatic heterocycles. The molecule has 0 atom stereocenters. The Morgan fingerprint density at radius 2 is 1.90 bits per heavy atom. The summed E-state index contributed by atoms with van der Waals surface area (Å²) in [4.78, 5) is 17.8. The van der Waals surface area contributed by atoms with E-state index in [2.05, 4.69) is 14.6 Å². The summed E-state index contributed by atoms with van der Waals surface area (Å²) in [5, 5.41) is 0. The van der Waals surface area contributed by atoms with Gasteiger partial charge in [-0.2, -0.15) is 0 Å². The van der Waals surface area contributed by atoms with E-state index in [9.17, 15) is 4.79 Å². The van der Waals surface area contributed by atoms with Gasteiger partial charge in [0.25, 0.3) is 0 Å². The van der Waals surface area contributed by atoms with Gasteiger partial charge in [-0.25, -0.2) is 9.78 Å². The highest BCUT2D eigenvalue weighted by molar-refractivity contribution is 5.87. The first-order valence-corrected chi connectivity index (χ1v) is 7.04. The molecule has 116 valence electrons. The number of hydrogen-bond donors (Lipinski definition) is 0. The topological polar surface area (TPSA) is 60.9 Å². The molecule has 0 amide bonds. The SMILES string of the molecule is COC(=O)c1ccc(N2CCC(C(OC)OC)CC2)cn1. The third-order valence-corrected chi connectivity index (χ3v) is 3.90. The van der Waals surface area contributed by atoms with E-state index in [4.69, 9.17) is 9.47 Å². The summed E-state index contributed by atoms with van der Waals surface area (Å²) in [6.07, 6.45) is 3.60. The van der Waals surface area contributed by atoms with Crippen LogP contribution in [0.15, 0.2) is 18.3 Å². The lowest BCUT2D eigenvalue weighted by molar-refractivity contribution is -0.141. The van der Waals surface area contributed by atoms with E-state index in [1.165, 1.54) is 7.11 Å². The number of carbonyl (C=O) groups excluding carboxylic acids is 1. The number of esters is 1. The van der Waals surface area contributed by atoms with Crippen LogP contribution in [0.5, 0.6) is 0 Å². The number of methoxy groups -OCH3 is 3. The second-order valence-corrected chi connectivity index (χ2v) is 5.06. The number of rotatable bonds is 5. The highest BCUT2D eigenvalue weighted by Crippen LogP contribution is 2.26. The molecular formula is C15H22N2O4. The largest absolute Gasteiger partial charge is 0.464 e. The van der Waals surface area contributed by atoms with Crippen molar-refractivity contribution < 1.29 is 19.0 Å². The first-order valence-electron chi connectivity index (χ1n) is 7.04. The number of carbonyl (C=O) groups is 1. The molecule has 0 saturated carbocycles. The van der Waals surface area contributed by atoms with Crippen molar-refractivity contribution in [2.24, 2.45) is 5.92 Å². The number of hydrogen-bond acceptors (Lipinski definition) is 6. The maximum Gasteiger partial charge on any atom is 0.356 e. The van der Waals surface area contributed by atoms with Gasteiger partial charge in [-0.3, -0.25) is 0 Å². The number of nitrogens with zero attached hydrogens (tertiary/aromatic N) is 2. The van der Waals surface area contributed by atoms with Gasteiger partial charge in [0.2, 0.25) is 0 Å². The van der Waals surface area contributed by atoms with E-state index in [1.54, 1.807) is 26.5 Å². The zero-order valence-electron chi connectivity index (χ0n) is 12.7. The molecule has 0 bridgehead atoms. The van der Waals surface area contributed by atoms with Gasteiger partial charge in [0.15, 0.2) is 6.29 Å². The molecule has 2 heterocycles. The number of ether oxygens (including phenoxy) is 3. The second-order valence-electron chi connectivity index (χ2n) is 5.06. The van der Waals surface area contributed by atoms with Crippen LogP contribution in [0.4, 0.5) is 5.69 Å². The van der Waals surface area contributed by atoms with Crippen LogP contribution in [0.2, 0.25) is 0 Å². The minimum atomic E-state index is -0.414. The fraction of sp³-hybridized carbons (Fsp3) is 0.600. The van der Waals surface area contributed by atoms with Gasteiger partial charge < -0.3 is 19.1 Å². The summed E-state index contributed by atoms with van der Waals surface area (Å²) in [6.45, 7) is 1.85. The summed E-state index contributed by atoms with van der Waals surface area (Å²) in [7, 11) is 4.71. The standard InChI is InChI=1S/C15H22N2O4/c1-19-14(18)13-5-4-12(10-16-13)17-8-6-11(7-9-17)15(20-2)21-3/h4-5,10-11,15H,6-9H2,1-3H3. The lowest BCUT2D eigenvalue weighted by Gasteiger charge is -2.35. The molecule has 1 saturated heterocycles. The summed E-state index contributed by atoms with van der Waals surface area (Å²) in [5.41, 5.74) is 1.35. The molecule has 21 heavy (non-hydrogen) atoms. The van der Waals surface area contributed by atoms with Crippen LogP contribution in [-0.4, -0.2) is 51.7 Å². The Kier molecular flexibility index (Phi) is 5.52. The quantitative estimate of drug-likeness (QED) is 0.608. The molecule has 0 radical (unpaired) electrons. The Bertz CT molecular complexity index is 451. The summed E-state index contributed by atoms with van der Waals surface area (Å²) in [5.74, 6) is 0.00170. The first kappa shape index (κ1) is 15.7. The van der Waals surface area contributed by atoms with Crippen LogP contribution in [0, 0.1) is 5.92 Å². The van der Waals surface area contributed by atoms with Gasteiger partial charge in [-0.15, -0.1) is 0 Å². The Hall–Kier alpha value is -1.66. The minimum absolute atomic E-state index is 0.132. The Labute approximate surface area is 125 Å². The molecule has 2 rings (SSSR count). The predicted molar refractivity (Wildman–Crippen MR) is 78.3 cm³/mol. The van der Waals surface area contributed by atoms with Gasteiger partial charge in [-0.05, 0) is 25.0 Å². The van der Waals surface area contributed by atoms with Gasteiger partial charge >= 0.3 is 5.97 Å². The van der Waals surface area contributed by atoms with Gasteiger partial charge in [0.05, 0.1) is 19.0 Å². The van der Waals surface area contributed by atoms with Crippen molar-refractivity contribution in [2.45, 2.75) is 19.1 Å². The molecule has 0 spiro atoms. The lowest BCUT2D eigenvalue weighted by atomic mass is 9.96. The third-order valence-electron chi connectivity index (χ3n) is 3.90. The van der Waals surface area contributed by atoms with E-state index in [0.29, 0.717) is 11.6 Å². The number of piperidine rings is 1. The van der Waals surface area contributed by atoms with Crippen molar-refractivity contribution in [1.82, 2.24) is 4.98 Å². The van der Waals surface area contributed by atoms with Gasteiger partial charge in [-0.1, -0.05) is 0 Å². The molecule has 0 N–H and O–H groups in total.